The molecule has 0 atom stereocenters. The normalized spacial score (nSPS) is 11.1. The standard InChI is InChI=1S/C11H12BrNO3/c1-7-4-5-8(12)6-9(7)10(13-16-3)11(14)15-2/h4-6H,1-3H3/b13-10+. The fourth-order valence-corrected chi connectivity index (χ4v) is 1.59. The van der Waals surface area contributed by atoms with Crippen molar-refractivity contribution in [2.75, 3.05) is 14.2 Å². The Morgan fingerprint density at radius 3 is 2.62 bits per heavy atom. The Morgan fingerprint density at radius 2 is 2.06 bits per heavy atom. The number of esters is 1. The first-order chi connectivity index (χ1) is 7.60. The maximum absolute atomic E-state index is 11.5. The van der Waals surface area contributed by atoms with Gasteiger partial charge in [0.25, 0.3) is 0 Å². The lowest BCUT2D eigenvalue weighted by Gasteiger charge is -2.07. The molecule has 5 heteroatoms. The van der Waals surface area contributed by atoms with Crippen molar-refractivity contribution in [1.82, 2.24) is 0 Å². The van der Waals surface area contributed by atoms with E-state index in [1.165, 1.54) is 14.2 Å². The molecule has 0 aliphatic heterocycles. The number of oxime groups is 1. The predicted octanol–water partition coefficient (Wildman–Crippen LogP) is 2.28. The molecule has 1 rings (SSSR count). The Morgan fingerprint density at radius 1 is 1.38 bits per heavy atom. The number of halogens is 1. The lowest BCUT2D eigenvalue weighted by Crippen LogP contribution is -2.18. The van der Waals surface area contributed by atoms with E-state index in [0.29, 0.717) is 5.56 Å². The van der Waals surface area contributed by atoms with Crippen LogP contribution < -0.4 is 0 Å². The van der Waals surface area contributed by atoms with Crippen molar-refractivity contribution in [2.45, 2.75) is 6.92 Å². The highest BCUT2D eigenvalue weighted by atomic mass is 79.9. The summed E-state index contributed by atoms with van der Waals surface area (Å²) in [5.74, 6) is -0.525. The number of carbonyl (C=O) groups excluding carboxylic acids is 1. The molecule has 4 nitrogen and oxygen atoms in total. The minimum absolute atomic E-state index is 0.156. The van der Waals surface area contributed by atoms with E-state index in [1.54, 1.807) is 6.07 Å². The quantitative estimate of drug-likeness (QED) is 0.486. The lowest BCUT2D eigenvalue weighted by molar-refractivity contribution is -0.132. The van der Waals surface area contributed by atoms with Crippen molar-refractivity contribution in [3.05, 3.63) is 33.8 Å². The summed E-state index contributed by atoms with van der Waals surface area (Å²) in [6, 6.07) is 5.57. The summed E-state index contributed by atoms with van der Waals surface area (Å²) >= 11 is 3.34. The topological polar surface area (TPSA) is 47.9 Å². The molecule has 0 bridgehead atoms. The molecule has 0 saturated heterocycles. The summed E-state index contributed by atoms with van der Waals surface area (Å²) in [5, 5.41) is 3.69. The Labute approximate surface area is 102 Å². The van der Waals surface area contributed by atoms with Gasteiger partial charge in [-0.15, -0.1) is 0 Å². The first-order valence-electron chi connectivity index (χ1n) is 4.56. The van der Waals surface area contributed by atoms with Crippen molar-refractivity contribution in [3.63, 3.8) is 0 Å². The van der Waals surface area contributed by atoms with Crippen LogP contribution in [-0.2, 0) is 14.4 Å². The number of ether oxygens (including phenoxy) is 1. The van der Waals surface area contributed by atoms with E-state index < -0.39 is 5.97 Å². The number of nitrogens with zero attached hydrogens (tertiary/aromatic N) is 1. The summed E-state index contributed by atoms with van der Waals surface area (Å²) in [7, 11) is 2.69. The van der Waals surface area contributed by atoms with Crippen LogP contribution >= 0.6 is 15.9 Å². The number of hydrogen-bond acceptors (Lipinski definition) is 4. The summed E-state index contributed by atoms with van der Waals surface area (Å²) in [6.45, 7) is 1.88. The van der Waals surface area contributed by atoms with Crippen molar-refractivity contribution in [3.8, 4) is 0 Å². The number of carbonyl (C=O) groups is 1. The van der Waals surface area contributed by atoms with Crippen LogP contribution in [0.25, 0.3) is 0 Å². The third-order valence-electron chi connectivity index (χ3n) is 2.02. The van der Waals surface area contributed by atoms with Crippen molar-refractivity contribution < 1.29 is 14.4 Å². The van der Waals surface area contributed by atoms with E-state index in [9.17, 15) is 4.79 Å². The maximum atomic E-state index is 11.5. The minimum atomic E-state index is -0.525. The molecule has 0 spiro atoms. The highest BCUT2D eigenvalue weighted by Crippen LogP contribution is 2.17. The molecule has 1 aromatic carbocycles. The molecule has 0 radical (unpaired) electrons. The van der Waals surface area contributed by atoms with Gasteiger partial charge in [0.1, 0.15) is 7.11 Å². The van der Waals surface area contributed by atoms with Gasteiger partial charge < -0.3 is 9.57 Å². The summed E-state index contributed by atoms with van der Waals surface area (Å²) in [6.07, 6.45) is 0. The number of rotatable bonds is 3. The van der Waals surface area contributed by atoms with Crippen LogP contribution in [0.15, 0.2) is 27.8 Å². The van der Waals surface area contributed by atoms with Gasteiger partial charge in [-0.3, -0.25) is 0 Å². The molecular formula is C11H12BrNO3. The zero-order valence-corrected chi connectivity index (χ0v) is 10.9. The van der Waals surface area contributed by atoms with Gasteiger partial charge in [0.2, 0.25) is 0 Å². The van der Waals surface area contributed by atoms with E-state index in [0.717, 1.165) is 10.0 Å². The van der Waals surface area contributed by atoms with E-state index in [4.69, 9.17) is 0 Å². The van der Waals surface area contributed by atoms with E-state index in [1.807, 2.05) is 19.1 Å². The molecule has 0 aromatic heterocycles. The van der Waals surface area contributed by atoms with Gasteiger partial charge in [-0.05, 0) is 24.6 Å². The van der Waals surface area contributed by atoms with Gasteiger partial charge in [0.05, 0.1) is 7.11 Å². The smallest absolute Gasteiger partial charge is 0.360 e. The molecular weight excluding hydrogens is 274 g/mol. The Kier molecular flexibility index (Phi) is 4.49. The van der Waals surface area contributed by atoms with E-state index >= 15 is 0 Å². The molecule has 0 saturated carbocycles. The number of hydrogen-bond donors (Lipinski definition) is 0. The van der Waals surface area contributed by atoms with E-state index in [-0.39, 0.29) is 5.71 Å². The van der Waals surface area contributed by atoms with Crippen LogP contribution in [0.5, 0.6) is 0 Å². The van der Waals surface area contributed by atoms with Crippen LogP contribution in [0, 0.1) is 6.92 Å². The van der Waals surface area contributed by atoms with Gasteiger partial charge in [-0.1, -0.05) is 27.2 Å². The number of methoxy groups -OCH3 is 1. The van der Waals surface area contributed by atoms with Gasteiger partial charge in [-0.2, -0.15) is 0 Å². The SMILES string of the molecule is CO/N=C(/C(=O)OC)c1cc(Br)ccc1C. The highest BCUT2D eigenvalue weighted by molar-refractivity contribution is 9.10. The maximum Gasteiger partial charge on any atom is 0.360 e. The number of benzene rings is 1. The van der Waals surface area contributed by atoms with Crippen molar-refractivity contribution in [2.24, 2.45) is 5.16 Å². The molecule has 1 aromatic rings. The fourth-order valence-electron chi connectivity index (χ4n) is 1.23. The number of aryl methyl sites for hydroxylation is 1. The molecule has 0 N–H and O–H groups in total. The van der Waals surface area contributed by atoms with E-state index in [2.05, 4.69) is 30.7 Å². The van der Waals surface area contributed by atoms with Gasteiger partial charge in [0, 0.05) is 10.0 Å². The first kappa shape index (κ1) is 12.7. The molecule has 0 amide bonds. The average Bonchev–Trinajstić information content (AvgIpc) is 2.28. The first-order valence-corrected chi connectivity index (χ1v) is 5.35. The van der Waals surface area contributed by atoms with Gasteiger partial charge in [-0.25, -0.2) is 4.79 Å². The Bertz CT molecular complexity index is 429. The average molecular weight is 286 g/mol. The summed E-state index contributed by atoms with van der Waals surface area (Å²) in [4.78, 5) is 16.2. The highest BCUT2D eigenvalue weighted by Gasteiger charge is 2.17. The second kappa shape index (κ2) is 5.65. The zero-order valence-electron chi connectivity index (χ0n) is 9.28. The van der Waals surface area contributed by atoms with Crippen LogP contribution in [0.4, 0.5) is 0 Å². The molecule has 0 aliphatic carbocycles. The Hall–Kier alpha value is -1.36. The third-order valence-corrected chi connectivity index (χ3v) is 2.51. The predicted molar refractivity (Wildman–Crippen MR) is 64.4 cm³/mol. The van der Waals surface area contributed by atoms with Crippen molar-refractivity contribution >= 4 is 27.6 Å². The van der Waals surface area contributed by atoms with Crippen molar-refractivity contribution in [1.29, 1.82) is 0 Å². The lowest BCUT2D eigenvalue weighted by atomic mass is 10.0. The van der Waals surface area contributed by atoms with Crippen LogP contribution in [0.3, 0.4) is 0 Å². The third kappa shape index (κ3) is 2.82. The monoisotopic (exact) mass is 285 g/mol. The summed E-state index contributed by atoms with van der Waals surface area (Å²) in [5.41, 5.74) is 1.76. The fraction of sp³-hybridized carbons (Fsp3) is 0.273. The second-order valence-electron chi connectivity index (χ2n) is 3.07. The largest absolute Gasteiger partial charge is 0.464 e. The molecule has 0 heterocycles. The van der Waals surface area contributed by atoms with Crippen LogP contribution in [0.2, 0.25) is 0 Å². The molecule has 0 fully saturated rings. The van der Waals surface area contributed by atoms with Crippen LogP contribution in [-0.4, -0.2) is 25.9 Å². The molecule has 0 aliphatic rings. The second-order valence-corrected chi connectivity index (χ2v) is 3.99. The minimum Gasteiger partial charge on any atom is -0.464 e. The zero-order chi connectivity index (χ0) is 12.1. The molecule has 0 unspecified atom stereocenters. The molecule has 16 heavy (non-hydrogen) atoms. The molecule has 86 valence electrons. The Balaban J connectivity index is 3.26. The van der Waals surface area contributed by atoms with Crippen LogP contribution in [0.1, 0.15) is 11.1 Å². The summed E-state index contributed by atoms with van der Waals surface area (Å²) < 4.78 is 5.51. The van der Waals surface area contributed by atoms with Gasteiger partial charge in [0.15, 0.2) is 5.71 Å². The van der Waals surface area contributed by atoms with Gasteiger partial charge >= 0.3 is 5.97 Å².